The summed E-state index contributed by atoms with van der Waals surface area (Å²) in [5.41, 5.74) is -0.519. The average Bonchev–Trinajstić information content (AvgIpc) is 2.66. The zero-order valence-electron chi connectivity index (χ0n) is 10.4. The molecule has 0 saturated heterocycles. The molecule has 1 aromatic heterocycles. The van der Waals surface area contributed by atoms with Crippen molar-refractivity contribution in [2.45, 2.75) is 52.2 Å². The number of hydrogen-bond acceptors (Lipinski definition) is 3. The maximum absolute atomic E-state index is 11.7. The molecule has 0 saturated carbocycles. The lowest BCUT2D eigenvalue weighted by atomic mass is 9.95. The molecule has 1 unspecified atom stereocenters. The van der Waals surface area contributed by atoms with E-state index < -0.39 is 5.60 Å². The zero-order valence-corrected chi connectivity index (χ0v) is 10.4. The summed E-state index contributed by atoms with van der Waals surface area (Å²) in [4.78, 5) is 11.7. The second-order valence-corrected chi connectivity index (χ2v) is 4.61. The molecule has 1 N–H and O–H groups in total. The van der Waals surface area contributed by atoms with Gasteiger partial charge in [-0.3, -0.25) is 9.48 Å². The first-order chi connectivity index (χ1) is 7.36. The van der Waals surface area contributed by atoms with Crippen LogP contribution in [0.2, 0.25) is 0 Å². The summed E-state index contributed by atoms with van der Waals surface area (Å²) < 4.78 is 1.81. The molecule has 0 aliphatic carbocycles. The first-order valence-electron chi connectivity index (χ1n) is 5.66. The minimum absolute atomic E-state index is 0.177. The van der Waals surface area contributed by atoms with Crippen molar-refractivity contribution in [3.63, 3.8) is 0 Å². The molecule has 1 rings (SSSR count). The molecule has 4 nitrogen and oxygen atoms in total. The normalized spacial score (nSPS) is 15.1. The number of carbonyl (C=O) groups excluding carboxylic acids is 1. The summed E-state index contributed by atoms with van der Waals surface area (Å²) in [6, 6.07) is 2.11. The monoisotopic (exact) mass is 224 g/mol. The Morgan fingerprint density at radius 1 is 1.62 bits per heavy atom. The van der Waals surface area contributed by atoms with E-state index in [4.69, 9.17) is 0 Å². The lowest BCUT2D eigenvalue weighted by Crippen LogP contribution is -2.35. The first kappa shape index (κ1) is 12.9. The van der Waals surface area contributed by atoms with E-state index in [2.05, 4.69) is 5.10 Å². The summed E-state index contributed by atoms with van der Waals surface area (Å²) in [5.74, 6) is -0.177. The Hall–Kier alpha value is -1.16. The van der Waals surface area contributed by atoms with Crippen LogP contribution in [-0.4, -0.2) is 26.3 Å². The van der Waals surface area contributed by atoms with Crippen LogP contribution in [0, 0.1) is 0 Å². The summed E-state index contributed by atoms with van der Waals surface area (Å²) >= 11 is 0. The smallest absolute Gasteiger partial charge is 0.170 e. The van der Waals surface area contributed by atoms with Crippen molar-refractivity contribution < 1.29 is 9.90 Å². The Bertz CT molecular complexity index is 367. The SMILES string of the molecule is CCC(C)(O)C(=O)Cc1ccn(C(C)C)n1. The fourth-order valence-corrected chi connectivity index (χ4v) is 1.31. The topological polar surface area (TPSA) is 55.1 Å². The molecule has 0 fully saturated rings. The lowest BCUT2D eigenvalue weighted by Gasteiger charge is -2.18. The van der Waals surface area contributed by atoms with Gasteiger partial charge in [0.05, 0.1) is 12.1 Å². The van der Waals surface area contributed by atoms with Crippen LogP contribution in [0.1, 0.15) is 45.9 Å². The second kappa shape index (κ2) is 4.78. The minimum atomic E-state index is -1.23. The molecule has 0 amide bonds. The van der Waals surface area contributed by atoms with Crippen LogP contribution in [0.5, 0.6) is 0 Å². The molecule has 16 heavy (non-hydrogen) atoms. The van der Waals surface area contributed by atoms with E-state index in [1.165, 1.54) is 0 Å². The maximum Gasteiger partial charge on any atom is 0.170 e. The molecule has 90 valence electrons. The Labute approximate surface area is 96.3 Å². The summed E-state index contributed by atoms with van der Waals surface area (Å²) in [6.07, 6.45) is 2.48. The molecule has 1 atom stereocenters. The van der Waals surface area contributed by atoms with Gasteiger partial charge in [0.25, 0.3) is 0 Å². The molecule has 0 aromatic carbocycles. The molecule has 0 aliphatic heterocycles. The number of aliphatic hydroxyl groups is 1. The Balaban J connectivity index is 2.70. The van der Waals surface area contributed by atoms with Crippen molar-refractivity contribution in [1.29, 1.82) is 0 Å². The van der Waals surface area contributed by atoms with Crippen molar-refractivity contribution >= 4 is 5.78 Å². The number of rotatable bonds is 5. The van der Waals surface area contributed by atoms with Gasteiger partial charge in [0, 0.05) is 12.2 Å². The van der Waals surface area contributed by atoms with Gasteiger partial charge in [0.1, 0.15) is 5.60 Å². The van der Waals surface area contributed by atoms with Crippen LogP contribution in [0.25, 0.3) is 0 Å². The Morgan fingerprint density at radius 2 is 2.25 bits per heavy atom. The highest BCUT2D eigenvalue weighted by Gasteiger charge is 2.28. The van der Waals surface area contributed by atoms with Gasteiger partial charge < -0.3 is 5.11 Å². The first-order valence-corrected chi connectivity index (χ1v) is 5.66. The van der Waals surface area contributed by atoms with Crippen LogP contribution in [0.15, 0.2) is 12.3 Å². The standard InChI is InChI=1S/C12H20N2O2/c1-5-12(4,16)11(15)8-10-6-7-14(13-10)9(2)3/h6-7,9,16H,5,8H2,1-4H3. The predicted molar refractivity (Wildman–Crippen MR) is 62.2 cm³/mol. The highest BCUT2D eigenvalue weighted by Crippen LogP contribution is 2.13. The van der Waals surface area contributed by atoms with Crippen molar-refractivity contribution in [2.24, 2.45) is 0 Å². The number of hydrogen-bond donors (Lipinski definition) is 1. The number of nitrogens with zero attached hydrogens (tertiary/aromatic N) is 2. The number of Topliss-reactive ketones (excluding diaryl/α,β-unsaturated/α-hetero) is 1. The van der Waals surface area contributed by atoms with E-state index >= 15 is 0 Å². The Morgan fingerprint density at radius 3 is 2.69 bits per heavy atom. The van der Waals surface area contributed by atoms with Crippen molar-refractivity contribution in [1.82, 2.24) is 9.78 Å². The highest BCUT2D eigenvalue weighted by molar-refractivity contribution is 5.88. The van der Waals surface area contributed by atoms with Gasteiger partial charge in [0.15, 0.2) is 5.78 Å². The van der Waals surface area contributed by atoms with Gasteiger partial charge in [-0.15, -0.1) is 0 Å². The highest BCUT2D eigenvalue weighted by atomic mass is 16.3. The molecular formula is C12H20N2O2. The molecule has 1 heterocycles. The van der Waals surface area contributed by atoms with E-state index in [0.29, 0.717) is 12.1 Å². The van der Waals surface area contributed by atoms with Crippen LogP contribution >= 0.6 is 0 Å². The fraction of sp³-hybridized carbons (Fsp3) is 0.667. The third-order valence-electron chi connectivity index (χ3n) is 2.82. The third kappa shape index (κ3) is 2.92. The largest absolute Gasteiger partial charge is 0.382 e. The van der Waals surface area contributed by atoms with Gasteiger partial charge in [-0.1, -0.05) is 6.92 Å². The quantitative estimate of drug-likeness (QED) is 0.828. The molecule has 0 spiro atoms. The van der Waals surface area contributed by atoms with E-state index in [-0.39, 0.29) is 18.2 Å². The molecule has 4 heteroatoms. The lowest BCUT2D eigenvalue weighted by molar-refractivity contribution is -0.135. The van der Waals surface area contributed by atoms with Crippen molar-refractivity contribution in [2.75, 3.05) is 0 Å². The molecule has 0 bridgehead atoms. The van der Waals surface area contributed by atoms with Crippen LogP contribution in [-0.2, 0) is 11.2 Å². The van der Waals surface area contributed by atoms with Gasteiger partial charge >= 0.3 is 0 Å². The summed E-state index contributed by atoms with van der Waals surface area (Å²) in [5, 5.41) is 14.1. The van der Waals surface area contributed by atoms with Crippen LogP contribution in [0.3, 0.4) is 0 Å². The molecular weight excluding hydrogens is 204 g/mol. The van der Waals surface area contributed by atoms with Gasteiger partial charge in [-0.2, -0.15) is 5.10 Å². The predicted octanol–water partition coefficient (Wildman–Crippen LogP) is 1.74. The Kier molecular flexibility index (Phi) is 3.86. The average molecular weight is 224 g/mol. The van der Waals surface area contributed by atoms with E-state index in [1.54, 1.807) is 13.8 Å². The number of carbonyl (C=O) groups is 1. The number of aromatic nitrogens is 2. The van der Waals surface area contributed by atoms with Crippen molar-refractivity contribution in [3.05, 3.63) is 18.0 Å². The maximum atomic E-state index is 11.7. The fourth-order valence-electron chi connectivity index (χ4n) is 1.31. The third-order valence-corrected chi connectivity index (χ3v) is 2.82. The van der Waals surface area contributed by atoms with Gasteiger partial charge in [0.2, 0.25) is 0 Å². The summed E-state index contributed by atoms with van der Waals surface area (Å²) in [7, 11) is 0. The molecule has 1 aromatic rings. The van der Waals surface area contributed by atoms with Gasteiger partial charge in [-0.25, -0.2) is 0 Å². The van der Waals surface area contributed by atoms with Gasteiger partial charge in [-0.05, 0) is 33.3 Å². The summed E-state index contributed by atoms with van der Waals surface area (Å²) in [6.45, 7) is 7.40. The van der Waals surface area contributed by atoms with Crippen LogP contribution in [0.4, 0.5) is 0 Å². The van der Waals surface area contributed by atoms with E-state index in [9.17, 15) is 9.90 Å². The zero-order chi connectivity index (χ0) is 12.3. The molecule has 0 radical (unpaired) electrons. The number of ketones is 1. The minimum Gasteiger partial charge on any atom is -0.382 e. The van der Waals surface area contributed by atoms with E-state index in [0.717, 1.165) is 0 Å². The second-order valence-electron chi connectivity index (χ2n) is 4.61. The van der Waals surface area contributed by atoms with E-state index in [1.807, 2.05) is 30.8 Å². The van der Waals surface area contributed by atoms with Crippen molar-refractivity contribution in [3.8, 4) is 0 Å². The molecule has 0 aliphatic rings. The van der Waals surface area contributed by atoms with Crippen LogP contribution < -0.4 is 0 Å².